The van der Waals surface area contributed by atoms with Gasteiger partial charge in [-0.25, -0.2) is 13.2 Å². The van der Waals surface area contributed by atoms with Crippen molar-refractivity contribution >= 4 is 34.8 Å². The van der Waals surface area contributed by atoms with Gasteiger partial charge < -0.3 is 10.2 Å². The molecule has 0 unspecified atom stereocenters. The van der Waals surface area contributed by atoms with Crippen LogP contribution >= 0.6 is 11.6 Å². The van der Waals surface area contributed by atoms with E-state index >= 15 is 4.39 Å². The third kappa shape index (κ3) is 5.98. The number of amides is 2. The molecule has 226 valence electrons. The summed E-state index contributed by atoms with van der Waals surface area (Å²) in [7, 11) is 1.04. The van der Waals surface area contributed by atoms with Gasteiger partial charge in [-0.2, -0.15) is 39.5 Å². The van der Waals surface area contributed by atoms with Crippen LogP contribution in [0.2, 0.25) is 5.02 Å². The standard InChI is InChI=1S/C25H13ClF12N2O2/c1-40(21(42)11-5-7-13(27)8-6-11)17-4-2-3-14(18(17)28)20(41)39-19-15(23(30,31)32)9-12(10-16(19)26)22(29,24(33,34)35)25(36,37)38/h2-10H,1H3,(H,39,41). The minimum atomic E-state index is -6.77. The van der Waals surface area contributed by atoms with E-state index in [4.69, 9.17) is 11.6 Å². The summed E-state index contributed by atoms with van der Waals surface area (Å²) in [6.45, 7) is 0. The molecular formula is C25H13ClF12N2O2. The summed E-state index contributed by atoms with van der Waals surface area (Å²) < 4.78 is 163. The van der Waals surface area contributed by atoms with Crippen molar-refractivity contribution in [2.75, 3.05) is 17.3 Å². The second kappa shape index (κ2) is 11.0. The van der Waals surface area contributed by atoms with Crippen LogP contribution < -0.4 is 10.2 Å². The molecule has 17 heteroatoms. The number of carbonyl (C=O) groups excluding carboxylic acids is 2. The Bertz CT molecular complexity index is 1500. The third-order valence-corrected chi connectivity index (χ3v) is 6.09. The van der Waals surface area contributed by atoms with E-state index in [9.17, 15) is 57.9 Å². The van der Waals surface area contributed by atoms with Gasteiger partial charge in [0.25, 0.3) is 11.8 Å². The number of benzene rings is 3. The zero-order valence-electron chi connectivity index (χ0n) is 20.4. The van der Waals surface area contributed by atoms with Crippen LogP contribution in [0.3, 0.4) is 0 Å². The lowest BCUT2D eigenvalue weighted by atomic mass is 9.91. The van der Waals surface area contributed by atoms with Gasteiger partial charge in [0.2, 0.25) is 0 Å². The molecule has 1 N–H and O–H groups in total. The molecule has 0 saturated carbocycles. The number of carbonyl (C=O) groups is 2. The number of nitrogens with one attached hydrogen (secondary N) is 1. The summed E-state index contributed by atoms with van der Waals surface area (Å²) in [5.74, 6) is -4.83. The van der Waals surface area contributed by atoms with Crippen molar-refractivity contribution in [3.63, 3.8) is 0 Å². The van der Waals surface area contributed by atoms with E-state index < -0.39 is 92.9 Å². The van der Waals surface area contributed by atoms with Gasteiger partial charge in [-0.15, -0.1) is 0 Å². The Labute approximate surface area is 232 Å². The highest BCUT2D eigenvalue weighted by Crippen LogP contribution is 2.55. The summed E-state index contributed by atoms with van der Waals surface area (Å²) in [6, 6.07) is 5.40. The second-order valence-electron chi connectivity index (χ2n) is 8.50. The van der Waals surface area contributed by atoms with E-state index in [1.807, 2.05) is 0 Å². The number of hydrogen-bond donors (Lipinski definition) is 1. The lowest BCUT2D eigenvalue weighted by Crippen LogP contribution is -2.50. The largest absolute Gasteiger partial charge is 0.435 e. The van der Waals surface area contributed by atoms with Gasteiger partial charge in [-0.1, -0.05) is 17.7 Å². The van der Waals surface area contributed by atoms with Crippen LogP contribution in [0, 0.1) is 11.6 Å². The van der Waals surface area contributed by atoms with Crippen molar-refractivity contribution in [2.45, 2.75) is 24.2 Å². The molecule has 0 radical (unpaired) electrons. The first-order valence-electron chi connectivity index (χ1n) is 11.0. The lowest BCUT2D eigenvalue weighted by Gasteiger charge is -2.31. The van der Waals surface area contributed by atoms with E-state index in [1.54, 1.807) is 0 Å². The normalized spacial score (nSPS) is 12.7. The van der Waals surface area contributed by atoms with Gasteiger partial charge in [0, 0.05) is 18.2 Å². The first-order valence-corrected chi connectivity index (χ1v) is 11.4. The van der Waals surface area contributed by atoms with Crippen LogP contribution in [0.5, 0.6) is 0 Å². The first-order chi connectivity index (χ1) is 19.1. The highest BCUT2D eigenvalue weighted by Gasteiger charge is 2.73. The van der Waals surface area contributed by atoms with Crippen molar-refractivity contribution in [3.8, 4) is 0 Å². The van der Waals surface area contributed by atoms with Crippen molar-refractivity contribution in [2.24, 2.45) is 0 Å². The molecular weight excluding hydrogens is 624 g/mol. The first kappa shape index (κ1) is 32.6. The van der Waals surface area contributed by atoms with Crippen LogP contribution in [-0.4, -0.2) is 31.2 Å². The highest BCUT2D eigenvalue weighted by atomic mass is 35.5. The zero-order chi connectivity index (χ0) is 32.0. The van der Waals surface area contributed by atoms with E-state index in [1.165, 1.54) is 5.32 Å². The summed E-state index contributed by atoms with van der Waals surface area (Å²) in [4.78, 5) is 26.1. The molecule has 0 fully saturated rings. The molecule has 0 spiro atoms. The molecule has 0 aliphatic rings. The number of halogens is 13. The SMILES string of the molecule is CN(C(=O)c1ccc(F)cc1)c1cccc(C(=O)Nc2c(Cl)cc(C(F)(C(F)(F)F)C(F)(F)F)cc2C(F)(F)F)c1F. The fourth-order valence-corrected chi connectivity index (χ4v) is 3.94. The van der Waals surface area contributed by atoms with Crippen LogP contribution in [-0.2, 0) is 11.8 Å². The Kier molecular flexibility index (Phi) is 8.56. The highest BCUT2D eigenvalue weighted by molar-refractivity contribution is 6.34. The Morgan fingerprint density at radius 1 is 0.810 bits per heavy atom. The van der Waals surface area contributed by atoms with Gasteiger partial charge in [0.05, 0.1) is 27.5 Å². The number of nitrogens with zero attached hydrogens (tertiary/aromatic N) is 1. The number of alkyl halides is 10. The molecule has 2 amide bonds. The minimum Gasteiger partial charge on any atom is -0.320 e. The smallest absolute Gasteiger partial charge is 0.320 e. The number of hydrogen-bond acceptors (Lipinski definition) is 2. The number of anilines is 2. The molecule has 0 aliphatic heterocycles. The summed E-state index contributed by atoms with van der Waals surface area (Å²) in [5, 5.41) is -0.123. The predicted molar refractivity (Wildman–Crippen MR) is 125 cm³/mol. The average molecular weight is 637 g/mol. The minimum absolute atomic E-state index is 0.128. The molecule has 0 heterocycles. The molecule has 0 aliphatic carbocycles. The van der Waals surface area contributed by atoms with E-state index in [0.717, 1.165) is 49.5 Å². The lowest BCUT2D eigenvalue weighted by molar-refractivity contribution is -0.348. The maximum atomic E-state index is 15.3. The van der Waals surface area contributed by atoms with Crippen LogP contribution in [0.1, 0.15) is 31.8 Å². The molecule has 42 heavy (non-hydrogen) atoms. The Morgan fingerprint density at radius 3 is 1.86 bits per heavy atom. The molecule has 0 aromatic heterocycles. The van der Waals surface area contributed by atoms with Crippen molar-refractivity contribution in [1.29, 1.82) is 0 Å². The Balaban J connectivity index is 2.07. The van der Waals surface area contributed by atoms with Crippen molar-refractivity contribution in [1.82, 2.24) is 0 Å². The molecule has 3 rings (SSSR count). The van der Waals surface area contributed by atoms with Crippen LogP contribution in [0.25, 0.3) is 0 Å². The van der Waals surface area contributed by atoms with Gasteiger partial charge in [-0.05, 0) is 48.5 Å². The van der Waals surface area contributed by atoms with Gasteiger partial charge in [0.1, 0.15) is 5.82 Å². The number of rotatable bonds is 5. The zero-order valence-corrected chi connectivity index (χ0v) is 21.1. The maximum Gasteiger partial charge on any atom is 0.435 e. The topological polar surface area (TPSA) is 49.4 Å². The van der Waals surface area contributed by atoms with Crippen molar-refractivity contribution < 1.29 is 62.3 Å². The van der Waals surface area contributed by atoms with Gasteiger partial charge in [-0.3, -0.25) is 9.59 Å². The maximum absolute atomic E-state index is 15.3. The molecule has 3 aromatic rings. The second-order valence-corrected chi connectivity index (χ2v) is 8.90. The van der Waals surface area contributed by atoms with E-state index in [0.29, 0.717) is 4.90 Å². The quantitative estimate of drug-likeness (QED) is 0.286. The fourth-order valence-electron chi connectivity index (χ4n) is 3.67. The summed E-state index contributed by atoms with van der Waals surface area (Å²) in [6.07, 6.45) is -19.4. The van der Waals surface area contributed by atoms with Crippen LogP contribution in [0.15, 0.2) is 54.6 Å². The third-order valence-electron chi connectivity index (χ3n) is 5.79. The Morgan fingerprint density at radius 2 is 1.36 bits per heavy atom. The summed E-state index contributed by atoms with van der Waals surface area (Å²) in [5.41, 5.74) is -14.6. The van der Waals surface area contributed by atoms with E-state index in [2.05, 4.69) is 0 Å². The predicted octanol–water partition coefficient (Wildman–Crippen LogP) is 8.46. The average Bonchev–Trinajstić information content (AvgIpc) is 2.86. The molecule has 0 atom stereocenters. The van der Waals surface area contributed by atoms with Crippen molar-refractivity contribution in [3.05, 3.63) is 93.5 Å². The summed E-state index contributed by atoms with van der Waals surface area (Å²) >= 11 is 5.53. The molecule has 4 nitrogen and oxygen atoms in total. The molecule has 0 saturated heterocycles. The van der Waals surface area contributed by atoms with Crippen LogP contribution in [0.4, 0.5) is 64.1 Å². The fraction of sp³-hybridized carbons (Fsp3) is 0.200. The Hall–Kier alpha value is -3.95. The van der Waals surface area contributed by atoms with Gasteiger partial charge >= 0.3 is 24.2 Å². The monoisotopic (exact) mass is 636 g/mol. The molecule has 3 aromatic carbocycles. The van der Waals surface area contributed by atoms with E-state index in [-0.39, 0.29) is 5.56 Å². The van der Waals surface area contributed by atoms with Gasteiger partial charge in [0.15, 0.2) is 5.82 Å². The molecule has 0 bridgehead atoms.